The number of rotatable bonds is 1. The third kappa shape index (κ3) is 1.81. The topological polar surface area (TPSA) is 17.1 Å². The lowest BCUT2D eigenvalue weighted by molar-refractivity contribution is -0.110. The van der Waals surface area contributed by atoms with Crippen LogP contribution in [0.5, 0.6) is 0 Å². The molecule has 1 spiro atoms. The highest BCUT2D eigenvalue weighted by Crippen LogP contribution is 2.53. The van der Waals surface area contributed by atoms with Crippen molar-refractivity contribution in [2.75, 3.05) is 0 Å². The minimum absolute atomic E-state index is 0.0797. The Labute approximate surface area is 115 Å². The summed E-state index contributed by atoms with van der Waals surface area (Å²) in [6.45, 7) is 0. The van der Waals surface area contributed by atoms with Crippen LogP contribution in [0.4, 0.5) is 0 Å². The van der Waals surface area contributed by atoms with Crippen molar-refractivity contribution in [1.29, 1.82) is 0 Å². The second-order valence-electron chi connectivity index (χ2n) is 4.76. The van der Waals surface area contributed by atoms with Crippen molar-refractivity contribution in [3.63, 3.8) is 0 Å². The molecule has 2 heteroatoms. The maximum atomic E-state index is 11.3. The molecular weight excluding hydrogens is 288 g/mol. The lowest BCUT2D eigenvalue weighted by Gasteiger charge is -2.27. The number of hydrogen-bond acceptors (Lipinski definition) is 1. The van der Waals surface area contributed by atoms with Gasteiger partial charge in [-0.2, -0.15) is 0 Å². The van der Waals surface area contributed by atoms with Gasteiger partial charge >= 0.3 is 0 Å². The fourth-order valence-electron chi connectivity index (χ4n) is 2.76. The third-order valence-corrected chi connectivity index (χ3v) is 4.44. The van der Waals surface area contributed by atoms with Crippen molar-refractivity contribution in [2.24, 2.45) is 5.41 Å². The maximum Gasteiger partial charge on any atom is 0.178 e. The molecule has 0 heterocycles. The van der Waals surface area contributed by atoms with Crippen molar-refractivity contribution >= 4 is 27.3 Å². The molecule has 0 radical (unpaired) electrons. The molecule has 2 aliphatic rings. The van der Waals surface area contributed by atoms with Gasteiger partial charge in [-0.3, -0.25) is 4.79 Å². The summed E-state index contributed by atoms with van der Waals surface area (Å²) in [5, 5.41) is 0. The summed E-state index contributed by atoms with van der Waals surface area (Å²) in [6.07, 6.45) is 9.52. The Hall–Kier alpha value is -1.41. The molecule has 1 aromatic rings. The zero-order valence-corrected chi connectivity index (χ0v) is 11.5. The van der Waals surface area contributed by atoms with Gasteiger partial charge in [-0.15, -0.1) is 0 Å². The van der Waals surface area contributed by atoms with Gasteiger partial charge in [0.15, 0.2) is 5.78 Å². The van der Waals surface area contributed by atoms with E-state index in [1.807, 2.05) is 18.2 Å². The van der Waals surface area contributed by atoms with Crippen LogP contribution in [0.15, 0.2) is 59.1 Å². The van der Waals surface area contributed by atoms with Crippen LogP contribution in [0.25, 0.3) is 5.57 Å². The van der Waals surface area contributed by atoms with Crippen LogP contribution in [-0.4, -0.2) is 5.78 Å². The Morgan fingerprint density at radius 3 is 2.39 bits per heavy atom. The Morgan fingerprint density at radius 1 is 1.06 bits per heavy atom. The predicted octanol–water partition coefficient (Wildman–Crippen LogP) is 4.27. The normalized spacial score (nSPS) is 21.1. The predicted molar refractivity (Wildman–Crippen MR) is 77.2 cm³/mol. The van der Waals surface area contributed by atoms with Crippen molar-refractivity contribution < 1.29 is 4.79 Å². The van der Waals surface area contributed by atoms with Crippen LogP contribution in [-0.2, 0) is 4.79 Å². The van der Waals surface area contributed by atoms with Crippen molar-refractivity contribution in [1.82, 2.24) is 0 Å². The quantitative estimate of drug-likeness (QED) is 0.757. The van der Waals surface area contributed by atoms with Crippen molar-refractivity contribution in [2.45, 2.75) is 12.8 Å². The summed E-state index contributed by atoms with van der Waals surface area (Å²) in [6, 6.07) is 10.4. The summed E-state index contributed by atoms with van der Waals surface area (Å²) >= 11 is 3.69. The van der Waals surface area contributed by atoms with E-state index in [0.717, 1.165) is 12.8 Å². The first-order valence-electron chi connectivity index (χ1n) is 6.08. The van der Waals surface area contributed by atoms with E-state index in [9.17, 15) is 4.79 Å². The Kier molecular flexibility index (Phi) is 2.83. The van der Waals surface area contributed by atoms with Crippen LogP contribution >= 0.6 is 15.9 Å². The molecule has 0 aromatic heterocycles. The molecule has 0 aliphatic heterocycles. The lowest BCUT2D eigenvalue weighted by atomic mass is 9.75. The van der Waals surface area contributed by atoms with E-state index in [0.29, 0.717) is 0 Å². The van der Waals surface area contributed by atoms with Gasteiger partial charge in [0, 0.05) is 9.90 Å². The second-order valence-corrected chi connectivity index (χ2v) is 5.71. The first-order chi connectivity index (χ1) is 8.71. The molecule has 3 rings (SSSR count). The first kappa shape index (κ1) is 11.7. The summed E-state index contributed by atoms with van der Waals surface area (Å²) in [4.78, 5) is 11.3. The molecule has 0 saturated carbocycles. The summed E-state index contributed by atoms with van der Waals surface area (Å²) < 4.78 is 1.25. The zero-order chi connectivity index (χ0) is 12.6. The van der Waals surface area contributed by atoms with Gasteiger partial charge in [-0.25, -0.2) is 0 Å². The molecule has 0 saturated heterocycles. The van der Waals surface area contributed by atoms with Crippen LogP contribution in [0.2, 0.25) is 0 Å². The third-order valence-electron chi connectivity index (χ3n) is 3.65. The minimum atomic E-state index is -0.103. The highest BCUT2D eigenvalue weighted by molar-refractivity contribution is 9.11. The molecule has 18 heavy (non-hydrogen) atoms. The molecule has 90 valence electrons. The molecule has 0 amide bonds. The van der Waals surface area contributed by atoms with E-state index >= 15 is 0 Å². The molecule has 2 aliphatic carbocycles. The van der Waals surface area contributed by atoms with E-state index in [1.54, 1.807) is 12.2 Å². The van der Waals surface area contributed by atoms with Gasteiger partial charge in [-0.05, 0) is 36.1 Å². The first-order valence-corrected chi connectivity index (χ1v) is 6.88. The van der Waals surface area contributed by atoms with Gasteiger partial charge in [0.05, 0.1) is 0 Å². The average molecular weight is 301 g/mol. The number of carbonyl (C=O) groups excluding carboxylic acids is 1. The Balaban J connectivity index is 2.11. The molecule has 1 nitrogen and oxygen atoms in total. The van der Waals surface area contributed by atoms with Crippen molar-refractivity contribution in [3.8, 4) is 0 Å². The van der Waals surface area contributed by atoms with E-state index < -0.39 is 0 Å². The number of halogens is 1. The standard InChI is InChI=1S/C16H13BrO/c17-14-8-11-16(9-6-13(18)7-10-16)15(14)12-4-2-1-3-5-12/h1-7,9-10H,8,11H2. The highest BCUT2D eigenvalue weighted by Gasteiger charge is 2.38. The summed E-state index contributed by atoms with van der Waals surface area (Å²) in [5.74, 6) is 0.0797. The van der Waals surface area contributed by atoms with Gasteiger partial charge in [0.1, 0.15) is 0 Å². The number of ketones is 1. The zero-order valence-electron chi connectivity index (χ0n) is 9.90. The van der Waals surface area contributed by atoms with Gasteiger partial charge in [0.2, 0.25) is 0 Å². The molecule has 0 unspecified atom stereocenters. The SMILES string of the molecule is O=C1C=CC2(C=C1)CCC(Br)=C2c1ccccc1. The molecule has 1 aromatic carbocycles. The number of hydrogen-bond donors (Lipinski definition) is 0. The largest absolute Gasteiger partial charge is 0.290 e. The van der Waals surface area contributed by atoms with Crippen LogP contribution in [0, 0.1) is 5.41 Å². The van der Waals surface area contributed by atoms with Crippen LogP contribution in [0.1, 0.15) is 18.4 Å². The average Bonchev–Trinajstić information content (AvgIpc) is 2.72. The van der Waals surface area contributed by atoms with E-state index in [4.69, 9.17) is 0 Å². The number of allylic oxidation sites excluding steroid dienone is 6. The summed E-state index contributed by atoms with van der Waals surface area (Å²) in [7, 11) is 0. The second kappa shape index (κ2) is 4.36. The smallest absolute Gasteiger partial charge is 0.178 e. The van der Waals surface area contributed by atoms with Crippen molar-refractivity contribution in [3.05, 3.63) is 64.7 Å². The molecule has 0 atom stereocenters. The number of carbonyl (C=O) groups is 1. The molecule has 0 fully saturated rings. The number of benzene rings is 1. The summed E-state index contributed by atoms with van der Waals surface area (Å²) in [5.41, 5.74) is 2.42. The monoisotopic (exact) mass is 300 g/mol. The van der Waals surface area contributed by atoms with Gasteiger partial charge in [-0.1, -0.05) is 58.4 Å². The lowest BCUT2D eigenvalue weighted by Crippen LogP contribution is -2.17. The van der Waals surface area contributed by atoms with Gasteiger partial charge in [0.25, 0.3) is 0 Å². The van der Waals surface area contributed by atoms with Crippen LogP contribution in [0.3, 0.4) is 0 Å². The molecule has 0 N–H and O–H groups in total. The minimum Gasteiger partial charge on any atom is -0.290 e. The fraction of sp³-hybridized carbons (Fsp3) is 0.188. The van der Waals surface area contributed by atoms with E-state index in [1.165, 1.54) is 15.6 Å². The Morgan fingerprint density at radius 2 is 1.72 bits per heavy atom. The van der Waals surface area contributed by atoms with Gasteiger partial charge < -0.3 is 0 Å². The molecule has 0 bridgehead atoms. The Bertz CT molecular complexity index is 562. The molecular formula is C16H13BrO. The highest BCUT2D eigenvalue weighted by atomic mass is 79.9. The maximum absolute atomic E-state index is 11.3. The fourth-order valence-corrected chi connectivity index (χ4v) is 3.55. The van der Waals surface area contributed by atoms with Crippen LogP contribution < -0.4 is 0 Å². The van der Waals surface area contributed by atoms with E-state index in [2.05, 4.69) is 40.2 Å². The van der Waals surface area contributed by atoms with E-state index in [-0.39, 0.29) is 11.2 Å².